The standard InChI is InChI=1S/C27H26N8O2/c1-17-25(32-33-35(17)21-7-9-29-10-8-21)19-12-23(27-20(13-28)14-31-34(27)15-19)37-24(16-36)26-22-5-3-2-4-18(22)6-11-30-26/h2-6,11-12,14-15,21,24,29,36H,7-10,16H2,1H3. The van der Waals surface area contributed by atoms with Gasteiger partial charge in [0.2, 0.25) is 0 Å². The van der Waals surface area contributed by atoms with E-state index in [0.717, 1.165) is 53.7 Å². The van der Waals surface area contributed by atoms with Gasteiger partial charge in [-0.1, -0.05) is 29.5 Å². The van der Waals surface area contributed by atoms with Crippen LogP contribution in [0.1, 0.15) is 41.9 Å². The lowest BCUT2D eigenvalue weighted by atomic mass is 10.1. The summed E-state index contributed by atoms with van der Waals surface area (Å²) in [7, 11) is 0. The average molecular weight is 495 g/mol. The van der Waals surface area contributed by atoms with Crippen LogP contribution in [0, 0.1) is 18.3 Å². The Morgan fingerprint density at radius 1 is 1.24 bits per heavy atom. The van der Waals surface area contributed by atoms with E-state index in [1.54, 1.807) is 10.7 Å². The highest BCUT2D eigenvalue weighted by atomic mass is 16.5. The first-order valence-electron chi connectivity index (χ1n) is 12.3. The lowest BCUT2D eigenvalue weighted by Crippen LogP contribution is -2.30. The molecule has 0 radical (unpaired) electrons. The van der Waals surface area contributed by atoms with E-state index in [2.05, 4.69) is 31.8 Å². The summed E-state index contributed by atoms with van der Waals surface area (Å²) in [5.41, 5.74) is 3.96. The summed E-state index contributed by atoms with van der Waals surface area (Å²) in [5.74, 6) is 0.413. The first-order valence-corrected chi connectivity index (χ1v) is 12.3. The van der Waals surface area contributed by atoms with E-state index in [4.69, 9.17) is 4.74 Å². The van der Waals surface area contributed by atoms with E-state index in [1.165, 1.54) is 6.20 Å². The van der Waals surface area contributed by atoms with Crippen LogP contribution in [0.5, 0.6) is 5.75 Å². The van der Waals surface area contributed by atoms with Crippen molar-refractivity contribution in [1.82, 2.24) is 34.9 Å². The highest BCUT2D eigenvalue weighted by Crippen LogP contribution is 2.35. The first kappa shape index (κ1) is 23.1. The van der Waals surface area contributed by atoms with E-state index in [1.807, 2.05) is 54.2 Å². The Hall–Kier alpha value is -4.33. The van der Waals surface area contributed by atoms with Crippen molar-refractivity contribution in [2.24, 2.45) is 0 Å². The van der Waals surface area contributed by atoms with Gasteiger partial charge in [-0.05, 0) is 50.4 Å². The molecule has 2 N–H and O–H groups in total. The van der Waals surface area contributed by atoms with Crippen molar-refractivity contribution in [2.45, 2.75) is 31.9 Å². The molecule has 4 aromatic heterocycles. The second kappa shape index (κ2) is 9.61. The molecule has 1 saturated heterocycles. The molecular weight excluding hydrogens is 468 g/mol. The molecule has 0 aliphatic carbocycles. The monoisotopic (exact) mass is 494 g/mol. The maximum Gasteiger partial charge on any atom is 0.164 e. The van der Waals surface area contributed by atoms with Gasteiger partial charge in [0.05, 0.1) is 30.2 Å². The summed E-state index contributed by atoms with van der Waals surface area (Å²) in [6, 6.07) is 14.1. The molecule has 5 aromatic rings. The zero-order chi connectivity index (χ0) is 25.4. The Morgan fingerprint density at radius 2 is 2.08 bits per heavy atom. The van der Waals surface area contributed by atoms with E-state index in [0.29, 0.717) is 28.6 Å². The average Bonchev–Trinajstić information content (AvgIpc) is 3.55. The van der Waals surface area contributed by atoms with Gasteiger partial charge < -0.3 is 15.2 Å². The van der Waals surface area contributed by atoms with Gasteiger partial charge in [0.1, 0.15) is 28.6 Å². The molecule has 1 fully saturated rings. The Bertz CT molecular complexity index is 1620. The molecule has 10 heteroatoms. The Labute approximate surface area is 213 Å². The minimum atomic E-state index is -0.752. The Kier molecular flexibility index (Phi) is 6.00. The highest BCUT2D eigenvalue weighted by molar-refractivity contribution is 5.84. The normalized spacial score (nSPS) is 15.2. The number of ether oxygens (including phenoxy) is 1. The van der Waals surface area contributed by atoms with Gasteiger partial charge in [-0.3, -0.25) is 4.98 Å². The largest absolute Gasteiger partial charge is 0.479 e. The summed E-state index contributed by atoms with van der Waals surface area (Å²) in [6.45, 7) is 3.64. The summed E-state index contributed by atoms with van der Waals surface area (Å²) in [4.78, 5) is 4.53. The van der Waals surface area contributed by atoms with Crippen LogP contribution >= 0.6 is 0 Å². The number of nitrogens with zero attached hydrogens (tertiary/aromatic N) is 7. The van der Waals surface area contributed by atoms with Crippen LogP contribution in [-0.4, -0.2) is 54.4 Å². The number of pyridine rings is 2. The Balaban J connectivity index is 1.45. The van der Waals surface area contributed by atoms with Crippen molar-refractivity contribution in [3.8, 4) is 23.1 Å². The molecule has 1 unspecified atom stereocenters. The fourth-order valence-corrected chi connectivity index (χ4v) is 5.12. The molecule has 6 rings (SSSR count). The number of benzene rings is 1. The Morgan fingerprint density at radius 3 is 2.89 bits per heavy atom. The highest BCUT2D eigenvalue weighted by Gasteiger charge is 2.24. The molecule has 186 valence electrons. The van der Waals surface area contributed by atoms with Crippen molar-refractivity contribution >= 4 is 16.3 Å². The van der Waals surface area contributed by atoms with Crippen molar-refractivity contribution in [3.05, 3.63) is 71.9 Å². The number of rotatable bonds is 6. The third kappa shape index (κ3) is 4.08. The van der Waals surface area contributed by atoms with Gasteiger partial charge in [-0.15, -0.1) is 5.10 Å². The molecule has 1 atom stereocenters. The number of aliphatic hydroxyl groups is 1. The third-order valence-corrected chi connectivity index (χ3v) is 7.00. The summed E-state index contributed by atoms with van der Waals surface area (Å²) in [5, 5.41) is 38.7. The van der Waals surface area contributed by atoms with Gasteiger partial charge in [0.25, 0.3) is 0 Å². The molecule has 37 heavy (non-hydrogen) atoms. The SMILES string of the molecule is Cc1c(-c2cc(OC(CO)c3nccc4ccccc34)c3c(C#N)cnn3c2)nnn1C1CCNCC1. The minimum absolute atomic E-state index is 0.293. The molecule has 1 aliphatic heterocycles. The maximum atomic E-state index is 10.3. The van der Waals surface area contributed by atoms with Crippen molar-refractivity contribution in [2.75, 3.05) is 19.7 Å². The van der Waals surface area contributed by atoms with E-state index in [9.17, 15) is 10.4 Å². The second-order valence-corrected chi connectivity index (χ2v) is 9.21. The molecule has 10 nitrogen and oxygen atoms in total. The fourth-order valence-electron chi connectivity index (χ4n) is 5.12. The molecule has 0 amide bonds. The van der Waals surface area contributed by atoms with Crippen molar-refractivity contribution < 1.29 is 9.84 Å². The van der Waals surface area contributed by atoms with Gasteiger partial charge >= 0.3 is 0 Å². The van der Waals surface area contributed by atoms with E-state index in [-0.39, 0.29) is 6.61 Å². The lowest BCUT2D eigenvalue weighted by molar-refractivity contribution is 0.115. The summed E-state index contributed by atoms with van der Waals surface area (Å²) in [6.07, 6.45) is 6.29. The first-order chi connectivity index (χ1) is 18.2. The molecule has 5 heterocycles. The van der Waals surface area contributed by atoms with Crippen LogP contribution in [0.15, 0.2) is 55.0 Å². The minimum Gasteiger partial charge on any atom is -0.479 e. The van der Waals surface area contributed by atoms with E-state index < -0.39 is 6.10 Å². The van der Waals surface area contributed by atoms with Crippen molar-refractivity contribution in [3.63, 3.8) is 0 Å². The maximum absolute atomic E-state index is 10.3. The van der Waals surface area contributed by atoms with Gasteiger partial charge in [0.15, 0.2) is 6.10 Å². The molecule has 0 bridgehead atoms. The second-order valence-electron chi connectivity index (χ2n) is 9.21. The number of piperidine rings is 1. The number of nitrogens with one attached hydrogen (secondary N) is 1. The number of hydrogen-bond donors (Lipinski definition) is 2. The molecule has 0 spiro atoms. The summed E-state index contributed by atoms with van der Waals surface area (Å²) >= 11 is 0. The third-order valence-electron chi connectivity index (χ3n) is 7.00. The number of aliphatic hydroxyl groups excluding tert-OH is 1. The topological polar surface area (TPSA) is 126 Å². The van der Waals surface area contributed by atoms with Gasteiger partial charge in [-0.25, -0.2) is 9.20 Å². The smallest absolute Gasteiger partial charge is 0.164 e. The van der Waals surface area contributed by atoms with Gasteiger partial charge in [0, 0.05) is 23.3 Å². The molecule has 0 saturated carbocycles. The van der Waals surface area contributed by atoms with Crippen LogP contribution in [-0.2, 0) is 0 Å². The lowest BCUT2D eigenvalue weighted by Gasteiger charge is -2.23. The molecule has 1 aliphatic rings. The van der Waals surface area contributed by atoms with Crippen LogP contribution in [0.25, 0.3) is 27.5 Å². The van der Waals surface area contributed by atoms with Crippen LogP contribution in [0.2, 0.25) is 0 Å². The van der Waals surface area contributed by atoms with Crippen molar-refractivity contribution in [1.29, 1.82) is 5.26 Å². The predicted octanol–water partition coefficient (Wildman–Crippen LogP) is 3.36. The fraction of sp³-hybridized carbons (Fsp3) is 0.296. The van der Waals surface area contributed by atoms with Crippen LogP contribution in [0.3, 0.4) is 0 Å². The number of hydrogen-bond acceptors (Lipinski definition) is 8. The zero-order valence-electron chi connectivity index (χ0n) is 20.4. The number of nitriles is 1. The zero-order valence-corrected chi connectivity index (χ0v) is 20.4. The molecule has 1 aromatic carbocycles. The summed E-state index contributed by atoms with van der Waals surface area (Å²) < 4.78 is 10.0. The van der Waals surface area contributed by atoms with Gasteiger partial charge in [-0.2, -0.15) is 10.4 Å². The number of fused-ring (bicyclic) bond motifs is 2. The van der Waals surface area contributed by atoms with Crippen LogP contribution in [0.4, 0.5) is 0 Å². The number of aromatic nitrogens is 6. The van der Waals surface area contributed by atoms with Crippen LogP contribution < -0.4 is 10.1 Å². The quantitative estimate of drug-likeness (QED) is 0.368. The molecular formula is C27H26N8O2. The van der Waals surface area contributed by atoms with E-state index >= 15 is 0 Å². The predicted molar refractivity (Wildman–Crippen MR) is 137 cm³/mol.